The van der Waals surface area contributed by atoms with E-state index in [2.05, 4.69) is 41.5 Å². The number of carbonyl (C=O) groups is 2. The number of anilines is 1. The summed E-state index contributed by atoms with van der Waals surface area (Å²) in [6.07, 6.45) is 10.6. The van der Waals surface area contributed by atoms with Crippen LogP contribution in [0.3, 0.4) is 0 Å². The van der Waals surface area contributed by atoms with Gasteiger partial charge in [0.15, 0.2) is 0 Å². The SMILES string of the molecule is CCc1ccccc1C1CCCN(C(=O)/C=C/c2cnc3c(c2)CCC(=O)N3)CC1. The third kappa shape index (κ3) is 4.61. The van der Waals surface area contributed by atoms with Crippen molar-refractivity contribution >= 4 is 23.7 Å². The van der Waals surface area contributed by atoms with Gasteiger partial charge in [-0.25, -0.2) is 4.98 Å². The zero-order chi connectivity index (χ0) is 20.9. The van der Waals surface area contributed by atoms with Crippen molar-refractivity contribution in [3.8, 4) is 0 Å². The Balaban J connectivity index is 1.39. The molecule has 1 aromatic carbocycles. The molecule has 2 aliphatic heterocycles. The summed E-state index contributed by atoms with van der Waals surface area (Å²) in [7, 11) is 0. The number of nitrogens with zero attached hydrogens (tertiary/aromatic N) is 2. The van der Waals surface area contributed by atoms with E-state index in [0.717, 1.165) is 49.9 Å². The molecular weight excluding hydrogens is 374 g/mol. The lowest BCUT2D eigenvalue weighted by atomic mass is 9.88. The molecular formula is C25H29N3O2. The van der Waals surface area contributed by atoms with Crippen molar-refractivity contribution in [2.75, 3.05) is 18.4 Å². The van der Waals surface area contributed by atoms with E-state index < -0.39 is 0 Å². The van der Waals surface area contributed by atoms with Crippen molar-refractivity contribution in [1.82, 2.24) is 9.88 Å². The number of nitrogens with one attached hydrogen (secondary N) is 1. The normalized spacial score (nSPS) is 19.3. The molecule has 5 nitrogen and oxygen atoms in total. The van der Waals surface area contributed by atoms with Gasteiger partial charge >= 0.3 is 0 Å². The number of rotatable bonds is 4. The number of fused-ring (bicyclic) bond motifs is 1. The molecule has 0 saturated carbocycles. The number of hydrogen-bond donors (Lipinski definition) is 1. The molecule has 1 fully saturated rings. The van der Waals surface area contributed by atoms with Gasteiger partial charge in [-0.3, -0.25) is 9.59 Å². The van der Waals surface area contributed by atoms with Crippen LogP contribution >= 0.6 is 0 Å². The Morgan fingerprint density at radius 2 is 2.10 bits per heavy atom. The average Bonchev–Trinajstić information content (AvgIpc) is 3.03. The number of aryl methyl sites for hydroxylation is 2. The lowest BCUT2D eigenvalue weighted by Gasteiger charge is -2.20. The largest absolute Gasteiger partial charge is 0.339 e. The highest BCUT2D eigenvalue weighted by atomic mass is 16.2. The number of likely N-dealkylation sites (tertiary alicyclic amines) is 1. The fourth-order valence-electron chi connectivity index (χ4n) is 4.52. The maximum Gasteiger partial charge on any atom is 0.246 e. The summed E-state index contributed by atoms with van der Waals surface area (Å²) in [6.45, 7) is 3.81. The van der Waals surface area contributed by atoms with Crippen LogP contribution in [-0.4, -0.2) is 34.8 Å². The molecule has 1 aromatic heterocycles. The fourth-order valence-corrected chi connectivity index (χ4v) is 4.52. The van der Waals surface area contributed by atoms with Crippen molar-refractivity contribution in [1.29, 1.82) is 0 Å². The van der Waals surface area contributed by atoms with Gasteiger partial charge < -0.3 is 10.2 Å². The molecule has 156 valence electrons. The second kappa shape index (κ2) is 9.24. The predicted octanol–water partition coefficient (Wildman–Crippen LogP) is 4.34. The van der Waals surface area contributed by atoms with Gasteiger partial charge in [0.2, 0.25) is 11.8 Å². The summed E-state index contributed by atoms with van der Waals surface area (Å²) in [6, 6.07) is 10.7. The number of hydrogen-bond acceptors (Lipinski definition) is 3. The Labute approximate surface area is 178 Å². The van der Waals surface area contributed by atoms with Gasteiger partial charge in [-0.1, -0.05) is 31.2 Å². The highest BCUT2D eigenvalue weighted by Crippen LogP contribution is 2.31. The van der Waals surface area contributed by atoms with Crippen LogP contribution in [0.25, 0.3) is 6.08 Å². The Morgan fingerprint density at radius 1 is 1.23 bits per heavy atom. The first-order chi connectivity index (χ1) is 14.6. The van der Waals surface area contributed by atoms with Gasteiger partial charge in [-0.05, 0) is 72.4 Å². The molecule has 4 rings (SSSR count). The number of pyridine rings is 1. The number of amides is 2. The second-order valence-electron chi connectivity index (χ2n) is 8.16. The van der Waals surface area contributed by atoms with Gasteiger partial charge in [0.05, 0.1) is 0 Å². The topological polar surface area (TPSA) is 62.3 Å². The molecule has 2 aliphatic rings. The van der Waals surface area contributed by atoms with E-state index in [-0.39, 0.29) is 11.8 Å². The molecule has 0 radical (unpaired) electrons. The molecule has 30 heavy (non-hydrogen) atoms. The standard InChI is InChI=1S/C25H29N3O2/c1-2-19-6-3-4-8-22(19)20-7-5-14-28(15-13-20)24(30)12-9-18-16-21-10-11-23(29)27-25(21)26-17-18/h3-4,6,8-9,12,16-17,20H,2,5,7,10-11,13-15H2,1H3,(H,26,27,29)/b12-9+. The minimum absolute atomic E-state index is 0.00879. The molecule has 1 unspecified atom stereocenters. The molecule has 1 saturated heterocycles. The van der Waals surface area contributed by atoms with Crippen LogP contribution in [0.2, 0.25) is 0 Å². The third-order valence-corrected chi connectivity index (χ3v) is 6.20. The first kappa shape index (κ1) is 20.3. The molecule has 1 N–H and O–H groups in total. The molecule has 1 atom stereocenters. The van der Waals surface area contributed by atoms with Crippen LogP contribution < -0.4 is 5.32 Å². The summed E-state index contributed by atoms with van der Waals surface area (Å²) in [4.78, 5) is 30.5. The van der Waals surface area contributed by atoms with Gasteiger partial charge in [0.25, 0.3) is 0 Å². The number of benzene rings is 1. The minimum atomic E-state index is 0.00879. The van der Waals surface area contributed by atoms with E-state index >= 15 is 0 Å². The van der Waals surface area contributed by atoms with Crippen molar-refractivity contribution in [3.63, 3.8) is 0 Å². The molecule has 0 spiro atoms. The van der Waals surface area contributed by atoms with E-state index in [4.69, 9.17) is 0 Å². The lowest BCUT2D eigenvalue weighted by molar-refractivity contribution is -0.126. The minimum Gasteiger partial charge on any atom is -0.339 e. The average molecular weight is 404 g/mol. The zero-order valence-corrected chi connectivity index (χ0v) is 17.6. The van der Waals surface area contributed by atoms with E-state index in [1.165, 1.54) is 11.1 Å². The van der Waals surface area contributed by atoms with Gasteiger partial charge in [0.1, 0.15) is 5.82 Å². The Kier molecular flexibility index (Phi) is 6.26. The third-order valence-electron chi connectivity index (χ3n) is 6.20. The molecule has 0 bridgehead atoms. The molecule has 0 aliphatic carbocycles. The highest BCUT2D eigenvalue weighted by molar-refractivity contribution is 5.93. The van der Waals surface area contributed by atoms with E-state index in [1.807, 2.05) is 17.0 Å². The van der Waals surface area contributed by atoms with Crippen LogP contribution in [0.5, 0.6) is 0 Å². The van der Waals surface area contributed by atoms with Gasteiger partial charge in [-0.2, -0.15) is 0 Å². The number of carbonyl (C=O) groups excluding carboxylic acids is 2. The van der Waals surface area contributed by atoms with Crippen LogP contribution in [0, 0.1) is 0 Å². The Bertz CT molecular complexity index is 967. The van der Waals surface area contributed by atoms with Crippen LogP contribution in [-0.2, 0) is 22.4 Å². The Hall–Kier alpha value is -2.95. The second-order valence-corrected chi connectivity index (χ2v) is 8.16. The van der Waals surface area contributed by atoms with Crippen molar-refractivity contribution in [2.45, 2.75) is 51.4 Å². The summed E-state index contributed by atoms with van der Waals surface area (Å²) in [5.41, 5.74) is 4.80. The zero-order valence-electron chi connectivity index (χ0n) is 17.6. The summed E-state index contributed by atoms with van der Waals surface area (Å²) in [5, 5.41) is 2.79. The molecule has 5 heteroatoms. The van der Waals surface area contributed by atoms with Crippen LogP contribution in [0.4, 0.5) is 5.82 Å². The monoisotopic (exact) mass is 403 g/mol. The first-order valence-electron chi connectivity index (χ1n) is 11.0. The summed E-state index contributed by atoms with van der Waals surface area (Å²) < 4.78 is 0. The van der Waals surface area contributed by atoms with E-state index in [1.54, 1.807) is 12.3 Å². The Morgan fingerprint density at radius 3 is 2.97 bits per heavy atom. The molecule has 3 heterocycles. The van der Waals surface area contributed by atoms with E-state index in [0.29, 0.717) is 24.6 Å². The number of aromatic nitrogens is 1. The highest BCUT2D eigenvalue weighted by Gasteiger charge is 2.22. The van der Waals surface area contributed by atoms with Crippen molar-refractivity contribution in [3.05, 3.63) is 64.9 Å². The lowest BCUT2D eigenvalue weighted by Crippen LogP contribution is -2.30. The van der Waals surface area contributed by atoms with Gasteiger partial charge in [0, 0.05) is 31.8 Å². The summed E-state index contributed by atoms with van der Waals surface area (Å²) in [5.74, 6) is 1.24. The first-order valence-corrected chi connectivity index (χ1v) is 11.0. The van der Waals surface area contributed by atoms with Crippen LogP contribution in [0.15, 0.2) is 42.6 Å². The summed E-state index contributed by atoms with van der Waals surface area (Å²) >= 11 is 0. The van der Waals surface area contributed by atoms with E-state index in [9.17, 15) is 9.59 Å². The van der Waals surface area contributed by atoms with Crippen LogP contribution in [0.1, 0.15) is 60.8 Å². The quantitative estimate of drug-likeness (QED) is 0.773. The predicted molar refractivity (Wildman–Crippen MR) is 119 cm³/mol. The van der Waals surface area contributed by atoms with Gasteiger partial charge in [-0.15, -0.1) is 0 Å². The van der Waals surface area contributed by atoms with Crippen molar-refractivity contribution < 1.29 is 9.59 Å². The molecule has 2 amide bonds. The maximum absolute atomic E-state index is 12.8. The van der Waals surface area contributed by atoms with Crippen molar-refractivity contribution in [2.24, 2.45) is 0 Å². The fraction of sp³-hybridized carbons (Fsp3) is 0.400. The maximum atomic E-state index is 12.8. The molecule has 2 aromatic rings. The smallest absolute Gasteiger partial charge is 0.246 e.